The van der Waals surface area contributed by atoms with E-state index < -0.39 is 8.80 Å². The van der Waals surface area contributed by atoms with Gasteiger partial charge in [-0.2, -0.15) is 0 Å². The molecule has 3 heteroatoms. The van der Waals surface area contributed by atoms with Crippen LogP contribution in [0, 0.1) is 0 Å². The number of rotatable bonds is 6. The van der Waals surface area contributed by atoms with E-state index in [1.165, 1.54) is 64.3 Å². The van der Waals surface area contributed by atoms with Gasteiger partial charge in [-0.05, 0) is 65.7 Å². The van der Waals surface area contributed by atoms with E-state index in [4.69, 9.17) is 0 Å². The molecule has 2 aliphatic heterocycles. The van der Waals surface area contributed by atoms with E-state index in [1.54, 1.807) is 0 Å². The second kappa shape index (κ2) is 7.05. The maximum Gasteiger partial charge on any atom is 0.102 e. The average molecular weight is 281 g/mol. The molecule has 0 amide bonds. The molecule has 2 nitrogen and oxygen atoms in total. The molecule has 0 aromatic carbocycles. The molecule has 0 N–H and O–H groups in total. The Morgan fingerprint density at radius 2 is 1.47 bits per heavy atom. The van der Waals surface area contributed by atoms with E-state index in [1.807, 2.05) is 0 Å². The standard InChI is InChI=1S/C16H32N2Si/c1-4-14-19(15-5-2)16(3,17-10-6-7-11-17)18-12-8-9-13-18/h4,14,19H,5-13,15H2,1-3H3. The summed E-state index contributed by atoms with van der Waals surface area (Å²) < 4.78 is 0. The normalized spacial score (nSPS) is 24.6. The molecule has 1 atom stereocenters. The van der Waals surface area contributed by atoms with Crippen LogP contribution in [0.5, 0.6) is 0 Å². The van der Waals surface area contributed by atoms with Gasteiger partial charge in [-0.25, -0.2) is 0 Å². The monoisotopic (exact) mass is 280 g/mol. The maximum absolute atomic E-state index is 2.84. The number of nitrogens with zero attached hydrogens (tertiary/aromatic N) is 2. The summed E-state index contributed by atoms with van der Waals surface area (Å²) in [5.41, 5.74) is 2.61. The van der Waals surface area contributed by atoms with E-state index >= 15 is 0 Å². The molecule has 0 spiro atoms. The van der Waals surface area contributed by atoms with Gasteiger partial charge >= 0.3 is 0 Å². The Morgan fingerprint density at radius 3 is 1.84 bits per heavy atom. The fourth-order valence-electron chi connectivity index (χ4n) is 4.10. The van der Waals surface area contributed by atoms with Crippen molar-refractivity contribution in [3.05, 3.63) is 11.8 Å². The molecule has 1 unspecified atom stereocenters. The molecular weight excluding hydrogens is 248 g/mol. The lowest BCUT2D eigenvalue weighted by Gasteiger charge is -2.50. The van der Waals surface area contributed by atoms with Crippen molar-refractivity contribution in [3.63, 3.8) is 0 Å². The van der Waals surface area contributed by atoms with Crippen LogP contribution in [-0.2, 0) is 0 Å². The van der Waals surface area contributed by atoms with Gasteiger partial charge in [0.25, 0.3) is 0 Å². The van der Waals surface area contributed by atoms with Gasteiger partial charge in [0.2, 0.25) is 0 Å². The molecule has 0 radical (unpaired) electrons. The molecule has 19 heavy (non-hydrogen) atoms. The first-order chi connectivity index (χ1) is 9.23. The zero-order chi connectivity index (χ0) is 13.7. The molecule has 0 bridgehead atoms. The second-order valence-corrected chi connectivity index (χ2v) is 9.67. The third kappa shape index (κ3) is 3.14. The van der Waals surface area contributed by atoms with Crippen LogP contribution in [0.1, 0.15) is 52.9 Å². The summed E-state index contributed by atoms with van der Waals surface area (Å²) in [4.78, 5) is 5.68. The first-order valence-corrected chi connectivity index (χ1v) is 10.4. The molecular formula is C16H32N2Si. The molecule has 0 aromatic heterocycles. The maximum atomic E-state index is 2.84. The molecule has 110 valence electrons. The van der Waals surface area contributed by atoms with Gasteiger partial charge in [0.15, 0.2) is 0 Å². The van der Waals surface area contributed by atoms with E-state index in [-0.39, 0.29) is 0 Å². The van der Waals surface area contributed by atoms with Crippen LogP contribution in [0.25, 0.3) is 0 Å². The molecule has 0 saturated carbocycles. The van der Waals surface area contributed by atoms with Crippen molar-refractivity contribution in [1.82, 2.24) is 9.80 Å². The number of hydrogen-bond donors (Lipinski definition) is 0. The molecule has 2 saturated heterocycles. The zero-order valence-electron chi connectivity index (χ0n) is 13.2. The number of allylic oxidation sites excluding steroid dienone is 1. The van der Waals surface area contributed by atoms with Crippen LogP contribution in [0.4, 0.5) is 0 Å². The summed E-state index contributed by atoms with van der Waals surface area (Å²) in [6.45, 7) is 12.5. The quantitative estimate of drug-likeness (QED) is 0.690. The molecule has 2 rings (SSSR count). The van der Waals surface area contributed by atoms with Gasteiger partial charge in [0.05, 0.1) is 5.29 Å². The average Bonchev–Trinajstić information content (AvgIpc) is 3.10. The van der Waals surface area contributed by atoms with Gasteiger partial charge in [0, 0.05) is 0 Å². The van der Waals surface area contributed by atoms with Crippen LogP contribution in [0.2, 0.25) is 6.04 Å². The van der Waals surface area contributed by atoms with Crippen LogP contribution in [-0.4, -0.2) is 50.1 Å². The fourth-order valence-corrected chi connectivity index (χ4v) is 7.75. The summed E-state index contributed by atoms with van der Waals surface area (Å²) in [6.07, 6.45) is 9.31. The lowest BCUT2D eigenvalue weighted by Crippen LogP contribution is -2.65. The fraction of sp³-hybridized carbons (Fsp3) is 0.875. The Kier molecular flexibility index (Phi) is 5.66. The minimum absolute atomic E-state index is 0.398. The Bertz CT molecular complexity index is 275. The highest BCUT2D eigenvalue weighted by molar-refractivity contribution is 6.67. The summed E-state index contributed by atoms with van der Waals surface area (Å²) >= 11 is 0. The molecule has 2 aliphatic rings. The summed E-state index contributed by atoms with van der Waals surface area (Å²) in [5, 5.41) is 0.398. The SMILES string of the molecule is CC=C[SiH](CCC)C(C)(N1CCCC1)N1CCCC1. The second-order valence-electron chi connectivity index (χ2n) is 6.40. The molecule has 0 aliphatic carbocycles. The smallest absolute Gasteiger partial charge is 0.102 e. The predicted octanol–water partition coefficient (Wildman–Crippen LogP) is 3.19. The highest BCUT2D eigenvalue weighted by atomic mass is 28.3. The van der Waals surface area contributed by atoms with Crippen LogP contribution >= 0.6 is 0 Å². The molecule has 2 heterocycles. The summed E-state index contributed by atoms with van der Waals surface area (Å²) in [7, 11) is -0.899. The van der Waals surface area contributed by atoms with Crippen molar-refractivity contribution < 1.29 is 0 Å². The van der Waals surface area contributed by atoms with Gasteiger partial charge in [-0.15, -0.1) is 0 Å². The van der Waals surface area contributed by atoms with Gasteiger partial charge in [-0.1, -0.05) is 31.2 Å². The van der Waals surface area contributed by atoms with Gasteiger partial charge in [-0.3, -0.25) is 9.80 Å². The van der Waals surface area contributed by atoms with Gasteiger partial charge < -0.3 is 0 Å². The van der Waals surface area contributed by atoms with Crippen molar-refractivity contribution in [1.29, 1.82) is 0 Å². The topological polar surface area (TPSA) is 6.48 Å². The van der Waals surface area contributed by atoms with Gasteiger partial charge in [0.1, 0.15) is 8.80 Å². The van der Waals surface area contributed by atoms with Crippen LogP contribution in [0.15, 0.2) is 11.8 Å². The van der Waals surface area contributed by atoms with Crippen molar-refractivity contribution in [2.24, 2.45) is 0 Å². The molecule has 2 fully saturated rings. The third-order valence-corrected chi connectivity index (χ3v) is 9.40. The third-order valence-electron chi connectivity index (χ3n) is 5.22. The molecule has 0 aromatic rings. The summed E-state index contributed by atoms with van der Waals surface area (Å²) in [6, 6.07) is 1.45. The van der Waals surface area contributed by atoms with E-state index in [0.717, 1.165) is 0 Å². The lowest BCUT2D eigenvalue weighted by molar-refractivity contribution is 0.0484. The van der Waals surface area contributed by atoms with Crippen molar-refractivity contribution in [2.45, 2.75) is 64.2 Å². The first kappa shape index (κ1) is 15.3. The Balaban J connectivity index is 2.24. The Labute approximate surface area is 121 Å². The minimum atomic E-state index is -0.899. The van der Waals surface area contributed by atoms with Crippen molar-refractivity contribution in [2.75, 3.05) is 26.2 Å². The Hall–Kier alpha value is -0.123. The van der Waals surface area contributed by atoms with Crippen molar-refractivity contribution >= 4 is 8.80 Å². The van der Waals surface area contributed by atoms with E-state index in [2.05, 4.69) is 42.3 Å². The van der Waals surface area contributed by atoms with Crippen LogP contribution in [0.3, 0.4) is 0 Å². The Morgan fingerprint density at radius 1 is 1.00 bits per heavy atom. The largest absolute Gasteiger partial charge is 0.288 e. The van der Waals surface area contributed by atoms with E-state index in [9.17, 15) is 0 Å². The first-order valence-electron chi connectivity index (χ1n) is 8.36. The van der Waals surface area contributed by atoms with Crippen molar-refractivity contribution in [3.8, 4) is 0 Å². The predicted molar refractivity (Wildman–Crippen MR) is 87.1 cm³/mol. The minimum Gasteiger partial charge on any atom is -0.288 e. The lowest BCUT2D eigenvalue weighted by atomic mass is 10.4. The highest BCUT2D eigenvalue weighted by Gasteiger charge is 2.45. The zero-order valence-corrected chi connectivity index (χ0v) is 14.4. The number of likely N-dealkylation sites (tertiary alicyclic amines) is 2. The highest BCUT2D eigenvalue weighted by Crippen LogP contribution is 2.33. The van der Waals surface area contributed by atoms with E-state index in [0.29, 0.717) is 5.29 Å². The summed E-state index contributed by atoms with van der Waals surface area (Å²) in [5.74, 6) is 0. The van der Waals surface area contributed by atoms with Crippen LogP contribution < -0.4 is 0 Å². The number of hydrogen-bond acceptors (Lipinski definition) is 2.